The van der Waals surface area contributed by atoms with Crippen molar-refractivity contribution in [3.8, 4) is 5.75 Å². The number of nitrogens with zero attached hydrogens (tertiary/aromatic N) is 1. The van der Waals surface area contributed by atoms with Crippen LogP contribution in [0.3, 0.4) is 0 Å². The SMILES string of the molecule is COc1cccc(C(=O)NC(=NCCc2c[nH]c3ccccc23)Nc2ccc(C)cc2C)c1. The average Bonchev–Trinajstić information content (AvgIpc) is 3.24. The first-order chi connectivity index (χ1) is 16.0. The normalized spacial score (nSPS) is 11.4. The number of nitrogens with one attached hydrogen (secondary N) is 3. The molecular weight excluding hydrogens is 412 g/mol. The van der Waals surface area contributed by atoms with Gasteiger partial charge in [-0.25, -0.2) is 0 Å². The molecule has 0 aliphatic heterocycles. The van der Waals surface area contributed by atoms with Gasteiger partial charge < -0.3 is 15.0 Å². The Labute approximate surface area is 193 Å². The van der Waals surface area contributed by atoms with Crippen LogP contribution >= 0.6 is 0 Å². The van der Waals surface area contributed by atoms with Crippen molar-refractivity contribution in [2.75, 3.05) is 19.0 Å². The van der Waals surface area contributed by atoms with Crippen LogP contribution in [-0.2, 0) is 6.42 Å². The Morgan fingerprint density at radius 3 is 2.70 bits per heavy atom. The number of hydrogen-bond donors (Lipinski definition) is 3. The minimum atomic E-state index is -0.253. The highest BCUT2D eigenvalue weighted by atomic mass is 16.5. The van der Waals surface area contributed by atoms with E-state index < -0.39 is 0 Å². The third kappa shape index (κ3) is 5.41. The van der Waals surface area contributed by atoms with Crippen LogP contribution in [0, 0.1) is 13.8 Å². The zero-order chi connectivity index (χ0) is 23.2. The molecule has 6 heteroatoms. The van der Waals surface area contributed by atoms with E-state index in [1.165, 1.54) is 16.5 Å². The number of benzene rings is 3. The number of aryl methyl sites for hydroxylation is 2. The lowest BCUT2D eigenvalue weighted by Crippen LogP contribution is -2.36. The first kappa shape index (κ1) is 22.1. The van der Waals surface area contributed by atoms with Crippen molar-refractivity contribution < 1.29 is 9.53 Å². The zero-order valence-electron chi connectivity index (χ0n) is 19.1. The highest BCUT2D eigenvalue weighted by Crippen LogP contribution is 2.19. The standard InChI is InChI=1S/C27H28N4O2/c1-18-11-12-24(19(2)15-18)30-27(31-26(32)20-7-6-8-22(16-20)33-3)28-14-13-21-17-29-25-10-5-4-9-23(21)25/h4-12,15-17,29H,13-14H2,1-3H3,(H2,28,30,31,32). The van der Waals surface area contributed by atoms with Gasteiger partial charge in [0.1, 0.15) is 5.75 Å². The predicted octanol–water partition coefficient (Wildman–Crippen LogP) is 5.23. The van der Waals surface area contributed by atoms with Gasteiger partial charge in [-0.2, -0.15) is 0 Å². The minimum Gasteiger partial charge on any atom is -0.497 e. The first-order valence-electron chi connectivity index (χ1n) is 10.9. The maximum atomic E-state index is 12.9. The Kier molecular flexibility index (Phi) is 6.74. The molecule has 0 fully saturated rings. The summed E-state index contributed by atoms with van der Waals surface area (Å²) in [6.07, 6.45) is 2.77. The lowest BCUT2D eigenvalue weighted by molar-refractivity contribution is 0.0976. The summed E-state index contributed by atoms with van der Waals surface area (Å²) in [5, 5.41) is 7.42. The number of para-hydroxylation sites is 1. The predicted molar refractivity (Wildman–Crippen MR) is 134 cm³/mol. The molecule has 3 aromatic carbocycles. The van der Waals surface area contributed by atoms with Gasteiger partial charge in [0.05, 0.1) is 7.11 Å². The molecule has 0 saturated carbocycles. The van der Waals surface area contributed by atoms with E-state index in [-0.39, 0.29) is 5.91 Å². The number of methoxy groups -OCH3 is 1. The van der Waals surface area contributed by atoms with Crippen LogP contribution in [0.25, 0.3) is 10.9 Å². The highest BCUT2D eigenvalue weighted by Gasteiger charge is 2.12. The smallest absolute Gasteiger partial charge is 0.258 e. The molecule has 0 saturated heterocycles. The van der Waals surface area contributed by atoms with Gasteiger partial charge in [-0.05, 0) is 61.7 Å². The second-order valence-electron chi connectivity index (χ2n) is 7.97. The second kappa shape index (κ2) is 10.0. The van der Waals surface area contributed by atoms with E-state index in [0.717, 1.165) is 23.2 Å². The second-order valence-corrected chi connectivity index (χ2v) is 7.97. The van der Waals surface area contributed by atoms with Crippen LogP contribution in [-0.4, -0.2) is 30.5 Å². The van der Waals surface area contributed by atoms with E-state index in [1.54, 1.807) is 31.4 Å². The largest absolute Gasteiger partial charge is 0.497 e. The van der Waals surface area contributed by atoms with Crippen molar-refractivity contribution >= 4 is 28.5 Å². The van der Waals surface area contributed by atoms with Crippen molar-refractivity contribution in [3.05, 3.63) is 95.2 Å². The maximum absolute atomic E-state index is 12.9. The van der Waals surface area contributed by atoms with Gasteiger partial charge in [0, 0.05) is 34.9 Å². The fourth-order valence-corrected chi connectivity index (χ4v) is 3.76. The van der Waals surface area contributed by atoms with Crippen LogP contribution in [0.15, 0.2) is 77.9 Å². The van der Waals surface area contributed by atoms with E-state index in [0.29, 0.717) is 23.8 Å². The molecule has 4 aromatic rings. The van der Waals surface area contributed by atoms with Crippen molar-refractivity contribution in [1.29, 1.82) is 0 Å². The van der Waals surface area contributed by atoms with Gasteiger partial charge >= 0.3 is 0 Å². The van der Waals surface area contributed by atoms with E-state index >= 15 is 0 Å². The Morgan fingerprint density at radius 2 is 1.88 bits per heavy atom. The summed E-state index contributed by atoms with van der Waals surface area (Å²) < 4.78 is 5.25. The minimum absolute atomic E-state index is 0.253. The molecule has 4 rings (SSSR count). The first-order valence-corrected chi connectivity index (χ1v) is 10.9. The molecule has 0 aliphatic carbocycles. The fraction of sp³-hybridized carbons (Fsp3) is 0.185. The summed E-state index contributed by atoms with van der Waals surface area (Å²) >= 11 is 0. The number of amides is 1. The lowest BCUT2D eigenvalue weighted by Gasteiger charge is -2.14. The molecule has 33 heavy (non-hydrogen) atoms. The van der Waals surface area contributed by atoms with Crippen LogP contribution in [0.4, 0.5) is 5.69 Å². The Hall–Kier alpha value is -4.06. The van der Waals surface area contributed by atoms with Crippen LogP contribution in [0.2, 0.25) is 0 Å². The zero-order valence-corrected chi connectivity index (χ0v) is 19.1. The number of rotatable bonds is 6. The molecule has 0 aliphatic rings. The van der Waals surface area contributed by atoms with Gasteiger partial charge in [-0.1, -0.05) is 42.0 Å². The number of aliphatic imine (C=N–C) groups is 1. The average molecular weight is 441 g/mol. The number of ether oxygens (including phenoxy) is 1. The summed E-state index contributed by atoms with van der Waals surface area (Å²) in [7, 11) is 1.58. The molecule has 0 unspecified atom stereocenters. The molecule has 0 radical (unpaired) electrons. The highest BCUT2D eigenvalue weighted by molar-refractivity contribution is 6.10. The molecular formula is C27H28N4O2. The van der Waals surface area contributed by atoms with Crippen molar-refractivity contribution in [3.63, 3.8) is 0 Å². The Balaban J connectivity index is 1.55. The van der Waals surface area contributed by atoms with E-state index in [4.69, 9.17) is 9.73 Å². The molecule has 168 valence electrons. The summed E-state index contributed by atoms with van der Waals surface area (Å²) in [6.45, 7) is 4.60. The van der Waals surface area contributed by atoms with Gasteiger partial charge in [-0.15, -0.1) is 0 Å². The molecule has 1 heterocycles. The van der Waals surface area contributed by atoms with Crippen molar-refractivity contribution in [2.24, 2.45) is 4.99 Å². The monoisotopic (exact) mass is 440 g/mol. The number of carbonyl (C=O) groups excluding carboxylic acids is 1. The topological polar surface area (TPSA) is 78.5 Å². The number of hydrogen-bond acceptors (Lipinski definition) is 3. The lowest BCUT2D eigenvalue weighted by atomic mass is 10.1. The molecule has 3 N–H and O–H groups in total. The van der Waals surface area contributed by atoms with E-state index in [9.17, 15) is 4.79 Å². The van der Waals surface area contributed by atoms with Gasteiger partial charge in [0.15, 0.2) is 0 Å². The summed E-state index contributed by atoms with van der Waals surface area (Å²) in [5.41, 5.74) is 5.96. The number of guanidine groups is 1. The third-order valence-electron chi connectivity index (χ3n) is 5.52. The summed E-state index contributed by atoms with van der Waals surface area (Å²) in [6, 6.07) is 21.4. The van der Waals surface area contributed by atoms with E-state index in [1.807, 2.05) is 37.4 Å². The fourth-order valence-electron chi connectivity index (χ4n) is 3.76. The van der Waals surface area contributed by atoms with Crippen molar-refractivity contribution in [2.45, 2.75) is 20.3 Å². The van der Waals surface area contributed by atoms with Gasteiger partial charge in [0.2, 0.25) is 5.96 Å². The molecule has 1 amide bonds. The van der Waals surface area contributed by atoms with Gasteiger partial charge in [-0.3, -0.25) is 15.1 Å². The number of anilines is 1. The number of fused-ring (bicyclic) bond motifs is 1. The number of carbonyl (C=O) groups is 1. The maximum Gasteiger partial charge on any atom is 0.258 e. The van der Waals surface area contributed by atoms with Crippen LogP contribution < -0.4 is 15.4 Å². The molecule has 0 bridgehead atoms. The quantitative estimate of drug-likeness (QED) is 0.284. The Morgan fingerprint density at radius 1 is 1.03 bits per heavy atom. The van der Waals surface area contributed by atoms with Gasteiger partial charge in [0.25, 0.3) is 5.91 Å². The van der Waals surface area contributed by atoms with Crippen molar-refractivity contribution in [1.82, 2.24) is 10.3 Å². The molecule has 1 aromatic heterocycles. The number of aromatic nitrogens is 1. The third-order valence-corrected chi connectivity index (χ3v) is 5.52. The van der Waals surface area contributed by atoms with Crippen LogP contribution in [0.5, 0.6) is 5.75 Å². The Bertz CT molecular complexity index is 1310. The van der Waals surface area contributed by atoms with Crippen LogP contribution in [0.1, 0.15) is 27.0 Å². The molecule has 0 atom stereocenters. The molecule has 0 spiro atoms. The number of H-pyrrole nitrogens is 1. The van der Waals surface area contributed by atoms with E-state index in [2.05, 4.69) is 40.7 Å². The summed E-state index contributed by atoms with van der Waals surface area (Å²) in [4.78, 5) is 20.9. The summed E-state index contributed by atoms with van der Waals surface area (Å²) in [5.74, 6) is 0.787. The molecule has 6 nitrogen and oxygen atoms in total. The number of aromatic amines is 1.